The highest BCUT2D eigenvalue weighted by Gasteiger charge is 2.25. The predicted octanol–water partition coefficient (Wildman–Crippen LogP) is 3.30. The number of ether oxygens (including phenoxy) is 1. The van der Waals surface area contributed by atoms with E-state index in [0.717, 1.165) is 23.8 Å². The minimum atomic E-state index is -0.000412. The molecular formula is C25H34N4O3. The van der Waals surface area contributed by atoms with Crippen molar-refractivity contribution in [2.24, 2.45) is 13.0 Å². The molecule has 1 aromatic carbocycles. The second-order valence-electron chi connectivity index (χ2n) is 9.05. The van der Waals surface area contributed by atoms with Gasteiger partial charge in [0.05, 0.1) is 25.0 Å². The fraction of sp³-hybridized carbons (Fsp3) is 0.560. The number of piperazine rings is 1. The Morgan fingerprint density at radius 2 is 1.81 bits per heavy atom. The molecule has 7 nitrogen and oxygen atoms in total. The number of benzene rings is 1. The summed E-state index contributed by atoms with van der Waals surface area (Å²) < 4.78 is 7.80. The number of rotatable bonds is 7. The minimum Gasteiger partial charge on any atom is -0.494 e. The molecule has 0 radical (unpaired) electrons. The smallest absolute Gasteiger partial charge is 0.254 e. The number of aromatic nitrogens is 2. The summed E-state index contributed by atoms with van der Waals surface area (Å²) in [5, 5.41) is 0. The van der Waals surface area contributed by atoms with Crippen LogP contribution in [0.1, 0.15) is 54.6 Å². The number of hydrogen-bond acceptors (Lipinski definition) is 4. The molecule has 0 unspecified atom stereocenters. The lowest BCUT2D eigenvalue weighted by molar-refractivity contribution is -0.132. The topological polar surface area (TPSA) is 67.7 Å². The molecule has 1 saturated carbocycles. The van der Waals surface area contributed by atoms with Crippen molar-refractivity contribution in [1.82, 2.24) is 19.4 Å². The van der Waals surface area contributed by atoms with Gasteiger partial charge in [0.1, 0.15) is 5.75 Å². The van der Waals surface area contributed by atoms with E-state index in [2.05, 4.69) is 4.98 Å². The van der Waals surface area contributed by atoms with Crippen molar-refractivity contribution >= 4 is 11.8 Å². The normalized spacial score (nSPS) is 17.4. The Labute approximate surface area is 190 Å². The van der Waals surface area contributed by atoms with Gasteiger partial charge in [0.2, 0.25) is 5.91 Å². The summed E-state index contributed by atoms with van der Waals surface area (Å²) in [6, 6.07) is 7.50. The largest absolute Gasteiger partial charge is 0.494 e. The van der Waals surface area contributed by atoms with Crippen LogP contribution in [0.3, 0.4) is 0 Å². The van der Waals surface area contributed by atoms with E-state index in [9.17, 15) is 9.59 Å². The van der Waals surface area contributed by atoms with Gasteiger partial charge in [0, 0.05) is 45.0 Å². The van der Waals surface area contributed by atoms with Crippen LogP contribution in [-0.2, 0) is 18.3 Å². The molecule has 1 saturated heterocycles. The van der Waals surface area contributed by atoms with E-state index in [4.69, 9.17) is 4.74 Å². The van der Waals surface area contributed by atoms with Crippen LogP contribution in [0.5, 0.6) is 5.75 Å². The van der Waals surface area contributed by atoms with E-state index in [1.54, 1.807) is 6.33 Å². The predicted molar refractivity (Wildman–Crippen MR) is 123 cm³/mol. The Kier molecular flexibility index (Phi) is 7.45. The monoisotopic (exact) mass is 438 g/mol. The van der Waals surface area contributed by atoms with Crippen LogP contribution in [-0.4, -0.2) is 64.0 Å². The van der Waals surface area contributed by atoms with Crippen LogP contribution in [0, 0.1) is 5.92 Å². The first-order chi connectivity index (χ1) is 15.6. The van der Waals surface area contributed by atoms with Crippen molar-refractivity contribution in [3.63, 3.8) is 0 Å². The number of carbonyl (C=O) groups excluding carboxylic acids is 2. The van der Waals surface area contributed by atoms with E-state index in [1.807, 2.05) is 51.9 Å². The zero-order valence-electron chi connectivity index (χ0n) is 19.0. The van der Waals surface area contributed by atoms with Gasteiger partial charge in [0.25, 0.3) is 5.91 Å². The summed E-state index contributed by atoms with van der Waals surface area (Å²) in [4.78, 5) is 33.4. The van der Waals surface area contributed by atoms with Gasteiger partial charge >= 0.3 is 0 Å². The van der Waals surface area contributed by atoms with Gasteiger partial charge in [-0.15, -0.1) is 0 Å². The number of hydrogen-bond donors (Lipinski definition) is 0. The molecule has 0 bridgehead atoms. The summed E-state index contributed by atoms with van der Waals surface area (Å²) >= 11 is 0. The average Bonchev–Trinajstić information content (AvgIpc) is 3.24. The number of aryl methyl sites for hydroxylation is 1. The Bertz CT molecular complexity index is 911. The van der Waals surface area contributed by atoms with Gasteiger partial charge in [-0.2, -0.15) is 0 Å². The van der Waals surface area contributed by atoms with Crippen molar-refractivity contribution in [1.29, 1.82) is 0 Å². The number of amides is 2. The zero-order chi connectivity index (χ0) is 22.3. The molecule has 1 aromatic heterocycles. The highest BCUT2D eigenvalue weighted by molar-refractivity contribution is 5.94. The van der Waals surface area contributed by atoms with Gasteiger partial charge in [-0.05, 0) is 30.5 Å². The van der Waals surface area contributed by atoms with Crippen molar-refractivity contribution < 1.29 is 14.3 Å². The molecule has 32 heavy (non-hydrogen) atoms. The number of nitrogens with zero attached hydrogens (tertiary/aromatic N) is 4. The van der Waals surface area contributed by atoms with Gasteiger partial charge in [-0.25, -0.2) is 4.98 Å². The molecule has 2 fully saturated rings. The lowest BCUT2D eigenvalue weighted by Crippen LogP contribution is -2.51. The van der Waals surface area contributed by atoms with E-state index in [0.29, 0.717) is 44.8 Å². The first-order valence-electron chi connectivity index (χ1n) is 11.9. The van der Waals surface area contributed by atoms with Crippen LogP contribution in [0.4, 0.5) is 0 Å². The van der Waals surface area contributed by atoms with Gasteiger partial charge < -0.3 is 19.1 Å². The third-order valence-corrected chi connectivity index (χ3v) is 6.61. The van der Waals surface area contributed by atoms with Crippen LogP contribution < -0.4 is 4.74 Å². The fourth-order valence-corrected chi connectivity index (χ4v) is 4.70. The summed E-state index contributed by atoms with van der Waals surface area (Å²) in [6.45, 7) is 2.89. The molecule has 2 heterocycles. The van der Waals surface area contributed by atoms with Crippen molar-refractivity contribution in [3.8, 4) is 5.75 Å². The highest BCUT2D eigenvalue weighted by atomic mass is 16.5. The lowest BCUT2D eigenvalue weighted by Gasteiger charge is -2.34. The molecule has 0 spiro atoms. The summed E-state index contributed by atoms with van der Waals surface area (Å²) in [5.41, 5.74) is 1.42. The number of carbonyl (C=O) groups is 2. The van der Waals surface area contributed by atoms with Crippen LogP contribution >= 0.6 is 0 Å². The van der Waals surface area contributed by atoms with Crippen molar-refractivity contribution in [2.45, 2.75) is 44.9 Å². The van der Waals surface area contributed by atoms with E-state index in [1.165, 1.54) is 32.1 Å². The van der Waals surface area contributed by atoms with Crippen LogP contribution in [0.15, 0.2) is 36.8 Å². The molecule has 1 aliphatic carbocycles. The molecule has 0 N–H and O–H groups in total. The summed E-state index contributed by atoms with van der Waals surface area (Å²) in [7, 11) is 1.89. The molecule has 2 aliphatic rings. The van der Waals surface area contributed by atoms with Gasteiger partial charge in [-0.1, -0.05) is 38.2 Å². The molecule has 2 aromatic rings. The maximum absolute atomic E-state index is 13.0. The van der Waals surface area contributed by atoms with E-state index >= 15 is 0 Å². The molecule has 0 atom stereocenters. The first kappa shape index (κ1) is 22.4. The molecule has 4 rings (SSSR count). The first-order valence-corrected chi connectivity index (χ1v) is 11.9. The maximum atomic E-state index is 13.0. The molecular weight excluding hydrogens is 404 g/mol. The van der Waals surface area contributed by atoms with Crippen LogP contribution in [0.2, 0.25) is 0 Å². The van der Waals surface area contributed by atoms with Gasteiger partial charge in [0.15, 0.2) is 0 Å². The SMILES string of the molecule is Cn1cnc(CC(=O)N2CCN(C(=O)c3cccc(OCCC4CCCCC4)c3)CC2)c1. The van der Waals surface area contributed by atoms with Crippen molar-refractivity contribution in [3.05, 3.63) is 48.0 Å². The lowest BCUT2D eigenvalue weighted by atomic mass is 9.87. The Balaban J connectivity index is 1.24. The van der Waals surface area contributed by atoms with Crippen LogP contribution in [0.25, 0.3) is 0 Å². The second kappa shape index (κ2) is 10.7. The summed E-state index contributed by atoms with van der Waals surface area (Å²) in [6.07, 6.45) is 11.6. The van der Waals surface area contributed by atoms with Gasteiger partial charge in [-0.3, -0.25) is 9.59 Å². The average molecular weight is 439 g/mol. The molecule has 172 valence electrons. The maximum Gasteiger partial charge on any atom is 0.254 e. The Morgan fingerprint density at radius 3 is 2.53 bits per heavy atom. The Morgan fingerprint density at radius 1 is 1.06 bits per heavy atom. The highest BCUT2D eigenvalue weighted by Crippen LogP contribution is 2.26. The standard InChI is InChI=1S/C25H34N4O3/c1-27-18-22(26-19-27)17-24(30)28-11-13-29(14-12-28)25(31)21-8-5-9-23(16-21)32-15-10-20-6-3-2-4-7-20/h5,8-9,16,18-20H,2-4,6-7,10-15,17H2,1H3. The molecule has 2 amide bonds. The van der Waals surface area contributed by atoms with E-state index < -0.39 is 0 Å². The summed E-state index contributed by atoms with van der Waals surface area (Å²) in [5.74, 6) is 1.60. The minimum absolute atomic E-state index is 0.000412. The quantitative estimate of drug-likeness (QED) is 0.665. The Hall–Kier alpha value is -2.83. The molecule has 1 aliphatic heterocycles. The third kappa shape index (κ3) is 5.90. The number of imidazole rings is 1. The molecule has 7 heteroatoms. The second-order valence-corrected chi connectivity index (χ2v) is 9.05. The van der Waals surface area contributed by atoms with E-state index in [-0.39, 0.29) is 11.8 Å². The fourth-order valence-electron chi connectivity index (χ4n) is 4.70. The zero-order valence-corrected chi connectivity index (χ0v) is 19.0. The third-order valence-electron chi connectivity index (χ3n) is 6.61. The van der Waals surface area contributed by atoms with Crippen molar-refractivity contribution in [2.75, 3.05) is 32.8 Å².